The summed E-state index contributed by atoms with van der Waals surface area (Å²) in [5.41, 5.74) is 0. The molecule has 0 fully saturated rings. The predicted octanol–water partition coefficient (Wildman–Crippen LogP) is 3.08. The van der Waals surface area contributed by atoms with Crippen LogP contribution >= 0.6 is 12.6 Å². The van der Waals surface area contributed by atoms with Crippen LogP contribution in [0.25, 0.3) is 0 Å². The SMILES string of the molecule is C[SiH](C)C.Sc1ccccc1. The van der Waals surface area contributed by atoms with Crippen LogP contribution in [0.4, 0.5) is 0 Å². The maximum Gasteiger partial charge on any atom is 0.0274 e. The van der Waals surface area contributed by atoms with Gasteiger partial charge in [0, 0.05) is 13.7 Å². The maximum absolute atomic E-state index is 4.08. The predicted molar refractivity (Wildman–Crippen MR) is 58.4 cm³/mol. The second-order valence-electron chi connectivity index (χ2n) is 3.07. The molecule has 1 aromatic rings. The Hall–Kier alpha value is -0.213. The van der Waals surface area contributed by atoms with Gasteiger partial charge in [0.05, 0.1) is 0 Å². The Kier molecular flexibility index (Phi) is 6.37. The summed E-state index contributed by atoms with van der Waals surface area (Å²) in [6.07, 6.45) is 0. The molecule has 0 aliphatic carbocycles. The summed E-state index contributed by atoms with van der Waals surface area (Å²) >= 11 is 4.08. The van der Waals surface area contributed by atoms with Crippen molar-refractivity contribution in [1.29, 1.82) is 0 Å². The van der Waals surface area contributed by atoms with Gasteiger partial charge in [0.25, 0.3) is 0 Å². The zero-order valence-electron chi connectivity index (χ0n) is 7.41. The number of thiol groups is 1. The molecule has 0 amide bonds. The van der Waals surface area contributed by atoms with Crippen molar-refractivity contribution in [2.75, 3.05) is 0 Å². The van der Waals surface area contributed by atoms with Crippen molar-refractivity contribution >= 4 is 21.4 Å². The van der Waals surface area contributed by atoms with Crippen molar-refractivity contribution in [2.45, 2.75) is 24.5 Å². The summed E-state index contributed by atoms with van der Waals surface area (Å²) in [5, 5.41) is 0. The molecule has 0 N–H and O–H groups in total. The van der Waals surface area contributed by atoms with Crippen molar-refractivity contribution < 1.29 is 0 Å². The van der Waals surface area contributed by atoms with E-state index in [0.29, 0.717) is 0 Å². The van der Waals surface area contributed by atoms with E-state index in [0.717, 1.165) is 4.90 Å². The van der Waals surface area contributed by atoms with Crippen LogP contribution < -0.4 is 0 Å². The van der Waals surface area contributed by atoms with E-state index in [1.807, 2.05) is 30.3 Å². The average Bonchev–Trinajstić information content (AvgIpc) is 1.87. The van der Waals surface area contributed by atoms with Gasteiger partial charge in [0.2, 0.25) is 0 Å². The minimum absolute atomic E-state index is 0.139. The van der Waals surface area contributed by atoms with Gasteiger partial charge < -0.3 is 0 Å². The number of hydrogen-bond donors (Lipinski definition) is 1. The molecule has 0 heterocycles. The molecule has 0 saturated carbocycles. The van der Waals surface area contributed by atoms with Gasteiger partial charge in [-0.3, -0.25) is 0 Å². The maximum atomic E-state index is 4.08. The Morgan fingerprint density at radius 1 is 1.00 bits per heavy atom. The van der Waals surface area contributed by atoms with Gasteiger partial charge in [-0.1, -0.05) is 37.8 Å². The summed E-state index contributed by atoms with van der Waals surface area (Å²) in [4.78, 5) is 1.02. The summed E-state index contributed by atoms with van der Waals surface area (Å²) in [6.45, 7) is 6.92. The quantitative estimate of drug-likeness (QED) is 0.465. The van der Waals surface area contributed by atoms with E-state index in [1.165, 1.54) is 0 Å². The van der Waals surface area contributed by atoms with Gasteiger partial charge in [0.1, 0.15) is 0 Å². The van der Waals surface area contributed by atoms with Crippen LogP contribution in [0.5, 0.6) is 0 Å². The van der Waals surface area contributed by atoms with E-state index < -0.39 is 0 Å². The lowest BCUT2D eigenvalue weighted by Gasteiger charge is -1.81. The summed E-state index contributed by atoms with van der Waals surface area (Å²) in [5.74, 6) is 0. The summed E-state index contributed by atoms with van der Waals surface area (Å²) in [6, 6.07) is 9.79. The van der Waals surface area contributed by atoms with E-state index in [2.05, 4.69) is 32.3 Å². The fourth-order valence-electron chi connectivity index (χ4n) is 0.428. The fraction of sp³-hybridized carbons (Fsp3) is 0.333. The van der Waals surface area contributed by atoms with Gasteiger partial charge in [-0.25, -0.2) is 0 Å². The van der Waals surface area contributed by atoms with Gasteiger partial charge in [-0.15, -0.1) is 12.6 Å². The van der Waals surface area contributed by atoms with E-state index in [1.54, 1.807) is 0 Å². The second kappa shape index (κ2) is 6.49. The van der Waals surface area contributed by atoms with E-state index in [9.17, 15) is 0 Å². The first-order valence-electron chi connectivity index (χ1n) is 3.87. The summed E-state index contributed by atoms with van der Waals surface area (Å²) in [7, 11) is -0.139. The first-order chi connectivity index (χ1) is 5.13. The molecule has 0 bridgehead atoms. The normalized spacial score (nSPS) is 8.82. The highest BCUT2D eigenvalue weighted by Crippen LogP contribution is 2.00. The Balaban J connectivity index is 0.000000218. The zero-order chi connectivity index (χ0) is 8.69. The molecule has 0 saturated heterocycles. The van der Waals surface area contributed by atoms with Gasteiger partial charge in [-0.05, 0) is 12.1 Å². The molecule has 11 heavy (non-hydrogen) atoms. The smallest absolute Gasteiger partial charge is 0.0274 e. The molecule has 2 heteroatoms. The van der Waals surface area contributed by atoms with Crippen molar-refractivity contribution in [2.24, 2.45) is 0 Å². The molecular formula is C9H16SSi. The van der Waals surface area contributed by atoms with Crippen molar-refractivity contribution in [3.05, 3.63) is 30.3 Å². The molecule has 1 aromatic carbocycles. The highest BCUT2D eigenvalue weighted by atomic mass is 32.1. The van der Waals surface area contributed by atoms with Gasteiger partial charge in [0.15, 0.2) is 0 Å². The Bertz CT molecular complexity index is 169. The molecule has 0 aliphatic rings. The third-order valence-electron chi connectivity index (χ3n) is 0.756. The number of hydrogen-bond acceptors (Lipinski definition) is 1. The lowest BCUT2D eigenvalue weighted by atomic mass is 10.4. The highest BCUT2D eigenvalue weighted by Gasteiger charge is 1.73. The van der Waals surface area contributed by atoms with Gasteiger partial charge in [-0.2, -0.15) is 0 Å². The molecule has 0 atom stereocenters. The van der Waals surface area contributed by atoms with Crippen LogP contribution in [0.2, 0.25) is 19.6 Å². The van der Waals surface area contributed by atoms with E-state index in [4.69, 9.17) is 0 Å². The number of benzene rings is 1. The van der Waals surface area contributed by atoms with Crippen LogP contribution in [0.15, 0.2) is 35.2 Å². The molecule has 62 valence electrons. The van der Waals surface area contributed by atoms with Crippen LogP contribution in [0, 0.1) is 0 Å². The van der Waals surface area contributed by atoms with Crippen LogP contribution in [0.1, 0.15) is 0 Å². The molecule has 1 rings (SSSR count). The van der Waals surface area contributed by atoms with E-state index >= 15 is 0 Å². The van der Waals surface area contributed by atoms with Crippen LogP contribution in [-0.4, -0.2) is 8.80 Å². The molecule has 0 aromatic heterocycles. The van der Waals surface area contributed by atoms with Crippen molar-refractivity contribution in [3.63, 3.8) is 0 Å². The topological polar surface area (TPSA) is 0 Å². The van der Waals surface area contributed by atoms with Gasteiger partial charge >= 0.3 is 0 Å². The minimum Gasteiger partial charge on any atom is -0.143 e. The van der Waals surface area contributed by atoms with Crippen LogP contribution in [-0.2, 0) is 0 Å². The van der Waals surface area contributed by atoms with E-state index in [-0.39, 0.29) is 8.80 Å². The first-order valence-corrected chi connectivity index (χ1v) is 7.78. The molecular weight excluding hydrogens is 168 g/mol. The second-order valence-corrected chi connectivity index (χ2v) is 7.05. The highest BCUT2D eigenvalue weighted by molar-refractivity contribution is 7.80. The largest absolute Gasteiger partial charge is 0.143 e. The molecule has 0 unspecified atom stereocenters. The molecule has 0 nitrogen and oxygen atoms in total. The monoisotopic (exact) mass is 184 g/mol. The fourth-order valence-corrected chi connectivity index (χ4v) is 0.600. The Morgan fingerprint density at radius 3 is 1.55 bits per heavy atom. The van der Waals surface area contributed by atoms with Crippen LogP contribution in [0.3, 0.4) is 0 Å². The van der Waals surface area contributed by atoms with Crippen molar-refractivity contribution in [1.82, 2.24) is 0 Å². The Labute approximate surface area is 76.7 Å². The Morgan fingerprint density at radius 2 is 1.36 bits per heavy atom. The molecule has 0 radical (unpaired) electrons. The minimum atomic E-state index is -0.139. The first kappa shape index (κ1) is 10.8. The third-order valence-corrected chi connectivity index (χ3v) is 1.05. The average molecular weight is 184 g/mol. The lowest BCUT2D eigenvalue weighted by Crippen LogP contribution is -1.84. The number of rotatable bonds is 0. The summed E-state index contributed by atoms with van der Waals surface area (Å²) < 4.78 is 0. The zero-order valence-corrected chi connectivity index (χ0v) is 9.46. The molecule has 0 aliphatic heterocycles. The molecule has 0 spiro atoms. The lowest BCUT2D eigenvalue weighted by molar-refractivity contribution is 1.48. The van der Waals surface area contributed by atoms with Crippen molar-refractivity contribution in [3.8, 4) is 0 Å². The standard InChI is InChI=1S/C6H6S.C3H10Si/c7-6-4-2-1-3-5-6;1-4(2)3/h1-5,7H;4H,1-3H3. The third kappa shape index (κ3) is 9.79.